The number of benzene rings is 1. The highest BCUT2D eigenvalue weighted by Gasteiger charge is 2.10. The van der Waals surface area contributed by atoms with Crippen molar-refractivity contribution < 1.29 is 24.0 Å². The van der Waals surface area contributed by atoms with Gasteiger partial charge in [0.2, 0.25) is 0 Å². The van der Waals surface area contributed by atoms with E-state index in [0.717, 1.165) is 18.5 Å². The lowest BCUT2D eigenvalue weighted by Gasteiger charge is -2.10. The molecule has 0 atom stereocenters. The van der Waals surface area contributed by atoms with Gasteiger partial charge in [-0.1, -0.05) is 6.07 Å². The fourth-order valence-electron chi connectivity index (χ4n) is 1.26. The van der Waals surface area contributed by atoms with Crippen LogP contribution in [0.25, 0.3) is 0 Å². The van der Waals surface area contributed by atoms with Crippen LogP contribution < -0.4 is 15.2 Å². The number of halogens is 2. The monoisotopic (exact) mass is 218 g/mol. The van der Waals surface area contributed by atoms with Crippen LogP contribution in [-0.4, -0.2) is 20.3 Å². The van der Waals surface area contributed by atoms with Gasteiger partial charge in [-0.3, -0.25) is 0 Å². The van der Waals surface area contributed by atoms with Crippen molar-refractivity contribution in [1.29, 1.82) is 0 Å². The molecule has 0 aromatic heterocycles. The summed E-state index contributed by atoms with van der Waals surface area (Å²) in [6, 6.07) is 4.89. The molecule has 0 heterocycles. The highest BCUT2D eigenvalue weighted by molar-refractivity contribution is 5.43. The molecule has 0 saturated carbocycles. The Morgan fingerprint density at radius 1 is 1.33 bits per heavy atom. The molecule has 0 saturated heterocycles. The Morgan fingerprint density at radius 3 is 2.60 bits per heavy atom. The molecule has 0 spiro atoms. The number of ether oxygens (including phenoxy) is 2. The molecular weight excluding hydrogens is 204 g/mol. The quantitative estimate of drug-likeness (QED) is 0.803. The van der Waals surface area contributed by atoms with Crippen LogP contribution in [0.3, 0.4) is 0 Å². The molecule has 5 heteroatoms. The first kappa shape index (κ1) is 11.7. The smallest absolute Gasteiger partial charge is 0.387 e. The SMILES string of the molecule is COc1cc(CC[NH3+])ccc1OC(F)F. The van der Waals surface area contributed by atoms with Gasteiger partial charge in [0.1, 0.15) is 0 Å². The zero-order valence-corrected chi connectivity index (χ0v) is 8.50. The molecule has 0 radical (unpaired) electrons. The minimum absolute atomic E-state index is 0.0558. The van der Waals surface area contributed by atoms with Crippen LogP contribution in [0, 0.1) is 0 Å². The van der Waals surface area contributed by atoms with Crippen molar-refractivity contribution in [3.05, 3.63) is 23.8 Å². The number of hydrogen-bond acceptors (Lipinski definition) is 2. The molecule has 0 bridgehead atoms. The molecule has 1 rings (SSSR count). The highest BCUT2D eigenvalue weighted by atomic mass is 19.3. The summed E-state index contributed by atoms with van der Waals surface area (Å²) in [6.07, 6.45) is 0.783. The van der Waals surface area contributed by atoms with Crippen LogP contribution in [0.1, 0.15) is 5.56 Å². The van der Waals surface area contributed by atoms with Gasteiger partial charge in [0.05, 0.1) is 13.7 Å². The normalized spacial score (nSPS) is 10.5. The summed E-state index contributed by atoms with van der Waals surface area (Å²) < 4.78 is 33.2. The number of hydrogen-bond donors (Lipinski definition) is 1. The first-order valence-corrected chi connectivity index (χ1v) is 4.58. The van der Waals surface area contributed by atoms with Gasteiger partial charge < -0.3 is 15.2 Å². The van der Waals surface area contributed by atoms with Gasteiger partial charge >= 0.3 is 6.61 Å². The molecule has 15 heavy (non-hydrogen) atoms. The third kappa shape index (κ3) is 3.36. The van der Waals surface area contributed by atoms with Crippen molar-refractivity contribution in [3.63, 3.8) is 0 Å². The number of alkyl halides is 2. The summed E-state index contributed by atoms with van der Waals surface area (Å²) in [5.74, 6) is 0.376. The maximum Gasteiger partial charge on any atom is 0.387 e. The van der Waals surface area contributed by atoms with Gasteiger partial charge in [-0.25, -0.2) is 0 Å². The number of methoxy groups -OCH3 is 1. The van der Waals surface area contributed by atoms with Gasteiger partial charge in [-0.2, -0.15) is 8.78 Å². The second-order valence-corrected chi connectivity index (χ2v) is 2.97. The summed E-state index contributed by atoms with van der Waals surface area (Å²) in [5, 5.41) is 0. The molecule has 3 N–H and O–H groups in total. The molecule has 3 nitrogen and oxygen atoms in total. The Morgan fingerprint density at radius 2 is 2.07 bits per heavy atom. The second kappa shape index (κ2) is 5.50. The van der Waals surface area contributed by atoms with Crippen molar-refractivity contribution >= 4 is 0 Å². The Labute approximate surface area is 86.8 Å². The maximum absolute atomic E-state index is 12.0. The fourth-order valence-corrected chi connectivity index (χ4v) is 1.26. The van der Waals surface area contributed by atoms with Gasteiger partial charge in [0.15, 0.2) is 11.5 Å². The highest BCUT2D eigenvalue weighted by Crippen LogP contribution is 2.29. The van der Waals surface area contributed by atoms with Gasteiger partial charge in [-0.05, 0) is 17.7 Å². The van der Waals surface area contributed by atoms with Crippen molar-refractivity contribution in [2.24, 2.45) is 0 Å². The zero-order valence-electron chi connectivity index (χ0n) is 8.50. The van der Waals surface area contributed by atoms with E-state index in [4.69, 9.17) is 4.74 Å². The van der Waals surface area contributed by atoms with E-state index in [1.807, 2.05) is 0 Å². The molecule has 1 aromatic rings. The Kier molecular flexibility index (Phi) is 4.30. The first-order chi connectivity index (χ1) is 7.17. The Bertz CT molecular complexity index is 318. The van der Waals surface area contributed by atoms with Crippen LogP contribution in [0.15, 0.2) is 18.2 Å². The second-order valence-electron chi connectivity index (χ2n) is 2.97. The molecule has 1 aromatic carbocycles. The van der Waals surface area contributed by atoms with Crippen LogP contribution >= 0.6 is 0 Å². The standard InChI is InChI=1S/C10H13F2NO2/c1-14-9-6-7(4-5-13)2-3-8(9)15-10(11)12/h2-3,6,10H,4-5,13H2,1H3/p+1. The topological polar surface area (TPSA) is 46.1 Å². The van der Waals surface area contributed by atoms with E-state index in [1.165, 1.54) is 13.2 Å². The fraction of sp³-hybridized carbons (Fsp3) is 0.400. The van der Waals surface area contributed by atoms with Crippen molar-refractivity contribution in [2.75, 3.05) is 13.7 Å². The minimum atomic E-state index is -2.84. The molecule has 0 aliphatic rings. The Hall–Kier alpha value is -1.36. The molecule has 0 aliphatic carbocycles. The lowest BCUT2D eigenvalue weighted by Crippen LogP contribution is -2.51. The summed E-state index contributed by atoms with van der Waals surface area (Å²) in [7, 11) is 1.42. The van der Waals surface area contributed by atoms with E-state index in [9.17, 15) is 8.78 Å². The van der Waals surface area contributed by atoms with Gasteiger partial charge in [0.25, 0.3) is 0 Å². The van der Waals surface area contributed by atoms with Crippen molar-refractivity contribution in [1.82, 2.24) is 0 Å². The number of quaternary nitrogens is 1. The molecule has 0 unspecified atom stereocenters. The average Bonchev–Trinajstić information content (AvgIpc) is 2.20. The summed E-state index contributed by atoms with van der Waals surface area (Å²) >= 11 is 0. The van der Waals surface area contributed by atoms with E-state index in [0.29, 0.717) is 5.75 Å². The molecule has 0 fully saturated rings. The predicted octanol–water partition coefficient (Wildman–Crippen LogP) is 1.08. The molecule has 84 valence electrons. The average molecular weight is 218 g/mol. The van der Waals surface area contributed by atoms with E-state index in [2.05, 4.69) is 10.5 Å². The Balaban J connectivity index is 2.88. The predicted molar refractivity (Wildman–Crippen MR) is 51.1 cm³/mol. The van der Waals surface area contributed by atoms with Gasteiger partial charge in [-0.15, -0.1) is 0 Å². The van der Waals surface area contributed by atoms with Crippen LogP contribution in [-0.2, 0) is 6.42 Å². The lowest BCUT2D eigenvalue weighted by atomic mass is 10.1. The largest absolute Gasteiger partial charge is 0.493 e. The van der Waals surface area contributed by atoms with Crippen LogP contribution in [0.5, 0.6) is 11.5 Å². The summed E-state index contributed by atoms with van der Waals surface area (Å²) in [5.41, 5.74) is 4.70. The molecular formula is C10H14F2NO2+. The lowest BCUT2D eigenvalue weighted by molar-refractivity contribution is -0.366. The maximum atomic E-state index is 12.0. The van der Waals surface area contributed by atoms with Crippen molar-refractivity contribution in [3.8, 4) is 11.5 Å². The molecule has 0 aliphatic heterocycles. The zero-order chi connectivity index (χ0) is 11.3. The summed E-state index contributed by atoms with van der Waals surface area (Å²) in [4.78, 5) is 0. The van der Waals surface area contributed by atoms with Crippen LogP contribution in [0.2, 0.25) is 0 Å². The van der Waals surface area contributed by atoms with E-state index in [1.54, 1.807) is 12.1 Å². The minimum Gasteiger partial charge on any atom is -0.493 e. The molecule has 0 amide bonds. The third-order valence-corrected chi connectivity index (χ3v) is 1.91. The third-order valence-electron chi connectivity index (χ3n) is 1.91. The number of rotatable bonds is 5. The van der Waals surface area contributed by atoms with Crippen LogP contribution in [0.4, 0.5) is 8.78 Å². The first-order valence-electron chi connectivity index (χ1n) is 4.58. The van der Waals surface area contributed by atoms with E-state index in [-0.39, 0.29) is 5.75 Å². The van der Waals surface area contributed by atoms with Gasteiger partial charge in [0, 0.05) is 6.42 Å². The van der Waals surface area contributed by atoms with E-state index < -0.39 is 6.61 Å². The van der Waals surface area contributed by atoms with E-state index >= 15 is 0 Å². The van der Waals surface area contributed by atoms with Crippen molar-refractivity contribution in [2.45, 2.75) is 13.0 Å². The summed E-state index contributed by atoms with van der Waals surface area (Å²) in [6.45, 7) is -2.09.